The normalized spacial score (nSPS) is 20.2. The summed E-state index contributed by atoms with van der Waals surface area (Å²) in [4.78, 5) is 13.8. The van der Waals surface area contributed by atoms with Crippen molar-refractivity contribution in [1.29, 1.82) is 0 Å². The van der Waals surface area contributed by atoms with E-state index in [1.54, 1.807) is 7.05 Å². The van der Waals surface area contributed by atoms with E-state index in [4.69, 9.17) is 0 Å². The highest BCUT2D eigenvalue weighted by molar-refractivity contribution is 7.99. The average Bonchev–Trinajstić information content (AvgIpc) is 2.37. The minimum Gasteiger partial charge on any atom is -0.359 e. The predicted octanol–water partition coefficient (Wildman–Crippen LogP) is 1.98. The Morgan fingerprint density at radius 2 is 2.12 bits per heavy atom. The van der Waals surface area contributed by atoms with Gasteiger partial charge in [-0.3, -0.25) is 4.79 Å². The van der Waals surface area contributed by atoms with Gasteiger partial charge in [-0.15, -0.1) is 0 Å². The Morgan fingerprint density at radius 1 is 1.47 bits per heavy atom. The van der Waals surface area contributed by atoms with Crippen LogP contribution in [-0.4, -0.2) is 49.0 Å². The summed E-state index contributed by atoms with van der Waals surface area (Å²) in [6.07, 6.45) is 6.54. The summed E-state index contributed by atoms with van der Waals surface area (Å²) < 4.78 is 0. The molecule has 1 saturated heterocycles. The van der Waals surface area contributed by atoms with Gasteiger partial charge < -0.3 is 10.2 Å². The van der Waals surface area contributed by atoms with Crippen LogP contribution in [0.2, 0.25) is 0 Å². The van der Waals surface area contributed by atoms with Gasteiger partial charge >= 0.3 is 0 Å². The molecule has 0 aromatic heterocycles. The van der Waals surface area contributed by atoms with Crippen LogP contribution in [0.15, 0.2) is 0 Å². The van der Waals surface area contributed by atoms with Crippen LogP contribution in [-0.2, 0) is 4.79 Å². The summed E-state index contributed by atoms with van der Waals surface area (Å²) >= 11 is 1.95. The highest BCUT2D eigenvalue weighted by Gasteiger charge is 2.20. The summed E-state index contributed by atoms with van der Waals surface area (Å²) in [5.41, 5.74) is 0. The Bertz CT molecular complexity index is 227. The third-order valence-corrected chi connectivity index (χ3v) is 4.75. The van der Waals surface area contributed by atoms with Gasteiger partial charge in [0.15, 0.2) is 0 Å². The molecule has 0 saturated carbocycles. The Morgan fingerprint density at radius 3 is 2.65 bits per heavy atom. The van der Waals surface area contributed by atoms with Crippen molar-refractivity contribution >= 4 is 17.7 Å². The van der Waals surface area contributed by atoms with Gasteiger partial charge in [0.2, 0.25) is 5.91 Å². The Kier molecular flexibility index (Phi) is 6.97. The van der Waals surface area contributed by atoms with Crippen molar-refractivity contribution in [3.63, 3.8) is 0 Å². The van der Waals surface area contributed by atoms with E-state index in [9.17, 15) is 4.79 Å². The fourth-order valence-corrected chi connectivity index (χ4v) is 2.60. The van der Waals surface area contributed by atoms with Crippen LogP contribution in [0.3, 0.4) is 0 Å². The van der Waals surface area contributed by atoms with Crippen LogP contribution >= 0.6 is 11.8 Å². The van der Waals surface area contributed by atoms with Crippen molar-refractivity contribution in [2.75, 3.05) is 32.9 Å². The lowest BCUT2D eigenvalue weighted by molar-refractivity contribution is -0.121. The second-order valence-electron chi connectivity index (χ2n) is 5.00. The van der Waals surface area contributed by atoms with Crippen LogP contribution in [0.1, 0.15) is 32.6 Å². The zero-order valence-electron chi connectivity index (χ0n) is 11.4. The van der Waals surface area contributed by atoms with Gasteiger partial charge in [-0.05, 0) is 51.1 Å². The first-order valence-corrected chi connectivity index (χ1v) is 7.90. The van der Waals surface area contributed by atoms with E-state index in [1.807, 2.05) is 11.8 Å². The highest BCUT2D eigenvalue weighted by atomic mass is 32.2. The molecule has 1 N–H and O–H groups in total. The highest BCUT2D eigenvalue weighted by Crippen LogP contribution is 2.21. The molecule has 0 radical (unpaired) electrons. The molecule has 1 aliphatic rings. The number of amides is 1. The SMILES string of the molecule is CNC(=O)CC1CCN(CCC(C)SC)CC1. The first-order valence-electron chi connectivity index (χ1n) is 6.61. The molecule has 100 valence electrons. The minimum absolute atomic E-state index is 0.194. The predicted molar refractivity (Wildman–Crippen MR) is 75.4 cm³/mol. The maximum absolute atomic E-state index is 11.3. The monoisotopic (exact) mass is 258 g/mol. The summed E-state index contributed by atoms with van der Waals surface area (Å²) in [5.74, 6) is 0.795. The summed E-state index contributed by atoms with van der Waals surface area (Å²) in [5, 5.41) is 3.48. The molecule has 0 bridgehead atoms. The average molecular weight is 258 g/mol. The van der Waals surface area contributed by atoms with E-state index in [2.05, 4.69) is 23.4 Å². The van der Waals surface area contributed by atoms with Crippen LogP contribution in [0.25, 0.3) is 0 Å². The van der Waals surface area contributed by atoms with E-state index in [0.717, 1.165) is 5.25 Å². The molecular formula is C13H26N2OS. The number of nitrogens with zero attached hydrogens (tertiary/aromatic N) is 1. The molecule has 17 heavy (non-hydrogen) atoms. The number of carbonyl (C=O) groups is 1. The number of thioether (sulfide) groups is 1. The summed E-state index contributed by atoms with van der Waals surface area (Å²) in [6, 6.07) is 0. The van der Waals surface area contributed by atoms with Gasteiger partial charge in [0, 0.05) is 18.7 Å². The van der Waals surface area contributed by atoms with Crippen LogP contribution < -0.4 is 5.32 Å². The van der Waals surface area contributed by atoms with E-state index >= 15 is 0 Å². The quantitative estimate of drug-likeness (QED) is 0.790. The number of carbonyl (C=O) groups excluding carboxylic acids is 1. The summed E-state index contributed by atoms with van der Waals surface area (Å²) in [7, 11) is 1.72. The molecule has 0 aliphatic carbocycles. The van der Waals surface area contributed by atoms with E-state index in [-0.39, 0.29) is 5.91 Å². The van der Waals surface area contributed by atoms with Gasteiger partial charge in [0.25, 0.3) is 0 Å². The largest absolute Gasteiger partial charge is 0.359 e. The molecule has 4 heteroatoms. The standard InChI is InChI=1S/C13H26N2OS/c1-11(17-3)4-7-15-8-5-12(6-9-15)10-13(16)14-2/h11-12H,4-10H2,1-3H3,(H,14,16). The zero-order valence-corrected chi connectivity index (χ0v) is 12.2. The van der Waals surface area contributed by atoms with Gasteiger partial charge in [0.05, 0.1) is 0 Å². The smallest absolute Gasteiger partial charge is 0.220 e. The first-order chi connectivity index (χ1) is 8.15. The number of rotatable bonds is 6. The van der Waals surface area contributed by atoms with Crippen molar-refractivity contribution in [2.45, 2.75) is 37.9 Å². The van der Waals surface area contributed by atoms with Crippen molar-refractivity contribution in [3.8, 4) is 0 Å². The van der Waals surface area contributed by atoms with Crippen LogP contribution in [0.5, 0.6) is 0 Å². The van der Waals surface area contributed by atoms with Gasteiger partial charge in [0.1, 0.15) is 0 Å². The Labute approximate surface area is 110 Å². The lowest BCUT2D eigenvalue weighted by Crippen LogP contribution is -2.36. The number of nitrogens with one attached hydrogen (secondary N) is 1. The Hall–Kier alpha value is -0.220. The zero-order chi connectivity index (χ0) is 12.7. The number of hydrogen-bond acceptors (Lipinski definition) is 3. The minimum atomic E-state index is 0.194. The van der Waals surface area contributed by atoms with Crippen LogP contribution in [0, 0.1) is 5.92 Å². The van der Waals surface area contributed by atoms with Crippen molar-refractivity contribution in [3.05, 3.63) is 0 Å². The second-order valence-corrected chi connectivity index (χ2v) is 6.27. The molecule has 1 heterocycles. The molecule has 3 nitrogen and oxygen atoms in total. The third kappa shape index (κ3) is 5.77. The van der Waals surface area contributed by atoms with Crippen molar-refractivity contribution in [2.24, 2.45) is 5.92 Å². The number of likely N-dealkylation sites (tertiary alicyclic amines) is 1. The molecule has 1 atom stereocenters. The molecule has 1 rings (SSSR count). The molecule has 1 fully saturated rings. The van der Waals surface area contributed by atoms with Gasteiger partial charge in [-0.1, -0.05) is 6.92 Å². The second kappa shape index (κ2) is 7.98. The topological polar surface area (TPSA) is 32.3 Å². The molecule has 1 aliphatic heterocycles. The summed E-state index contributed by atoms with van der Waals surface area (Å²) in [6.45, 7) is 5.85. The first kappa shape index (κ1) is 14.8. The van der Waals surface area contributed by atoms with E-state index in [1.165, 1.54) is 38.9 Å². The Balaban J connectivity index is 2.15. The van der Waals surface area contributed by atoms with Gasteiger partial charge in [-0.2, -0.15) is 11.8 Å². The molecule has 0 aromatic carbocycles. The maximum atomic E-state index is 11.3. The van der Waals surface area contributed by atoms with Crippen molar-refractivity contribution in [1.82, 2.24) is 10.2 Å². The molecule has 1 unspecified atom stereocenters. The molecular weight excluding hydrogens is 232 g/mol. The molecule has 1 amide bonds. The lowest BCUT2D eigenvalue weighted by atomic mass is 9.93. The van der Waals surface area contributed by atoms with E-state index in [0.29, 0.717) is 12.3 Å². The lowest BCUT2D eigenvalue weighted by Gasteiger charge is -2.32. The fourth-order valence-electron chi connectivity index (χ4n) is 2.26. The van der Waals surface area contributed by atoms with Crippen LogP contribution in [0.4, 0.5) is 0 Å². The van der Waals surface area contributed by atoms with Crippen molar-refractivity contribution < 1.29 is 4.79 Å². The fraction of sp³-hybridized carbons (Fsp3) is 0.923. The van der Waals surface area contributed by atoms with Gasteiger partial charge in [-0.25, -0.2) is 0 Å². The molecule has 0 aromatic rings. The number of piperidine rings is 1. The maximum Gasteiger partial charge on any atom is 0.220 e. The van der Waals surface area contributed by atoms with E-state index < -0.39 is 0 Å². The number of hydrogen-bond donors (Lipinski definition) is 1. The molecule has 0 spiro atoms. The third-order valence-electron chi connectivity index (χ3n) is 3.71.